The van der Waals surface area contributed by atoms with Gasteiger partial charge in [0, 0.05) is 0 Å². The van der Waals surface area contributed by atoms with E-state index in [4.69, 9.17) is 24.1 Å². The minimum absolute atomic E-state index is 0.244. The summed E-state index contributed by atoms with van der Waals surface area (Å²) in [6.07, 6.45) is 47.5. The van der Waals surface area contributed by atoms with Crippen molar-refractivity contribution in [2.24, 2.45) is 0 Å². The second-order valence-electron chi connectivity index (χ2n) is 20.1. The van der Waals surface area contributed by atoms with Crippen LogP contribution >= 0.6 is 0 Å². The molecule has 4 aromatic rings. The lowest BCUT2D eigenvalue weighted by Gasteiger charge is -2.18. The van der Waals surface area contributed by atoms with Crippen LogP contribution in [0.2, 0.25) is 0 Å². The van der Waals surface area contributed by atoms with Crippen molar-refractivity contribution in [2.45, 2.75) is 220 Å². The fraction of sp³-hybridized carbons (Fsp3) is 0.561. The van der Waals surface area contributed by atoms with Crippen molar-refractivity contribution >= 4 is 30.3 Å². The summed E-state index contributed by atoms with van der Waals surface area (Å²) in [5.74, 6) is 2.06. The Morgan fingerprint density at radius 2 is 0.694 bits per heavy atom. The van der Waals surface area contributed by atoms with Crippen molar-refractivity contribution < 1.29 is 28.8 Å². The molecule has 0 aliphatic carbocycles. The molecule has 0 bridgehead atoms. The summed E-state index contributed by atoms with van der Waals surface area (Å²) in [7, 11) is 0. The maximum Gasteiger partial charge on any atom is 0.335 e. The third-order valence-corrected chi connectivity index (χ3v) is 13.7. The molecular formula is C66H96O6. The van der Waals surface area contributed by atoms with E-state index in [0.29, 0.717) is 32.2 Å². The third kappa shape index (κ3) is 27.2. The maximum atomic E-state index is 11.1. The average molecular weight is 985 g/mol. The molecule has 1 N–H and O–H groups in total. The Labute approximate surface area is 438 Å². The Bertz CT molecular complexity index is 1970. The number of hydrogen-bond donors (Lipinski definition) is 1. The van der Waals surface area contributed by atoms with Gasteiger partial charge in [0.2, 0.25) is 5.75 Å². The lowest BCUT2D eigenvalue weighted by Crippen LogP contribution is -2.07. The number of carbonyl (C=O) groups is 1. The summed E-state index contributed by atoms with van der Waals surface area (Å²) in [6.45, 7) is 9.29. The van der Waals surface area contributed by atoms with E-state index in [9.17, 15) is 4.79 Å². The summed E-state index contributed by atoms with van der Waals surface area (Å²) in [4.78, 5) is 11.1. The predicted molar refractivity (Wildman–Crippen MR) is 307 cm³/mol. The van der Waals surface area contributed by atoms with Gasteiger partial charge >= 0.3 is 5.97 Å². The topological polar surface area (TPSA) is 74.2 Å². The molecule has 0 radical (unpaired) electrons. The summed E-state index contributed by atoms with van der Waals surface area (Å²) in [5.41, 5.74) is 5.68. The Balaban J connectivity index is 1.39. The predicted octanol–water partition coefficient (Wildman–Crippen LogP) is 20.2. The molecule has 0 aliphatic rings. The molecule has 0 atom stereocenters. The van der Waals surface area contributed by atoms with E-state index in [-0.39, 0.29) is 5.56 Å². The summed E-state index contributed by atoms with van der Waals surface area (Å²) < 4.78 is 25.8. The van der Waals surface area contributed by atoms with Gasteiger partial charge in [-0.25, -0.2) is 4.79 Å². The Hall–Kier alpha value is -4.97. The molecule has 0 saturated carbocycles. The second kappa shape index (κ2) is 39.5. The molecular weight excluding hydrogens is 889 g/mol. The van der Waals surface area contributed by atoms with Crippen LogP contribution in [0.4, 0.5) is 0 Å². The number of benzene rings is 4. The molecule has 6 heteroatoms. The van der Waals surface area contributed by atoms with Crippen LogP contribution in [0.25, 0.3) is 24.3 Å². The second-order valence-corrected chi connectivity index (χ2v) is 20.1. The van der Waals surface area contributed by atoms with Crippen LogP contribution in [0.5, 0.6) is 23.0 Å². The van der Waals surface area contributed by atoms with Crippen molar-refractivity contribution in [1.82, 2.24) is 0 Å². The summed E-state index contributed by atoms with van der Waals surface area (Å²) in [5, 5.41) is 9.14. The van der Waals surface area contributed by atoms with Gasteiger partial charge in [0.25, 0.3) is 0 Å². The Morgan fingerprint density at radius 3 is 1.06 bits per heavy atom. The fourth-order valence-corrected chi connectivity index (χ4v) is 9.05. The number of ether oxygens (including phenoxy) is 4. The molecule has 4 aromatic carbocycles. The standard InChI is InChI=1S/C66H96O6/c1-4-7-10-13-16-19-22-25-28-31-50-69-63-53-60(45-42-57-37-34-56(35-38-57)36-39-58-40-43-59(44-41-58)55-72-62-48-46-61(47-49-62)66(67)68)54-64(70-51-32-29-26-23-20-17-14-11-8-5-2)65(63)71-52-33-30-27-24-21-18-15-12-9-6-3/h34-49,53-54H,4-33,50-52,55H2,1-3H3,(H,67,68)/b39-36+,45-42+. The minimum atomic E-state index is -0.946. The molecule has 6 nitrogen and oxygen atoms in total. The molecule has 0 unspecified atom stereocenters. The van der Waals surface area contributed by atoms with Crippen LogP contribution in [0.1, 0.15) is 252 Å². The smallest absolute Gasteiger partial charge is 0.335 e. The van der Waals surface area contributed by atoms with Crippen LogP contribution in [0.15, 0.2) is 84.9 Å². The van der Waals surface area contributed by atoms with Crippen molar-refractivity contribution in [3.05, 3.63) is 118 Å². The molecule has 0 heterocycles. The van der Waals surface area contributed by atoms with Gasteiger partial charge in [-0.05, 0) is 83.5 Å². The number of carboxylic acids is 1. The van der Waals surface area contributed by atoms with Gasteiger partial charge in [-0.2, -0.15) is 0 Å². The minimum Gasteiger partial charge on any atom is -0.490 e. The first-order valence-corrected chi connectivity index (χ1v) is 29.1. The first-order valence-electron chi connectivity index (χ1n) is 29.1. The molecule has 0 amide bonds. The van der Waals surface area contributed by atoms with Crippen LogP contribution in [-0.4, -0.2) is 30.9 Å². The van der Waals surface area contributed by atoms with E-state index in [0.717, 1.165) is 64.3 Å². The zero-order chi connectivity index (χ0) is 50.9. The van der Waals surface area contributed by atoms with Crippen molar-refractivity contribution in [2.75, 3.05) is 19.8 Å². The van der Waals surface area contributed by atoms with Gasteiger partial charge in [0.05, 0.1) is 25.4 Å². The number of carboxylic acid groups (broad SMARTS) is 1. The Kier molecular flexibility index (Phi) is 32.7. The highest BCUT2D eigenvalue weighted by Crippen LogP contribution is 2.40. The third-order valence-electron chi connectivity index (χ3n) is 13.7. The van der Waals surface area contributed by atoms with Gasteiger partial charge < -0.3 is 24.1 Å². The highest BCUT2D eigenvalue weighted by Gasteiger charge is 2.16. The number of unbranched alkanes of at least 4 members (excludes halogenated alkanes) is 27. The van der Waals surface area contributed by atoms with Crippen LogP contribution < -0.4 is 18.9 Å². The van der Waals surface area contributed by atoms with E-state index >= 15 is 0 Å². The van der Waals surface area contributed by atoms with E-state index in [1.165, 1.54) is 173 Å². The van der Waals surface area contributed by atoms with Gasteiger partial charge in [-0.3, -0.25) is 0 Å². The summed E-state index contributed by atoms with van der Waals surface area (Å²) in [6, 6.07) is 27.7. The first kappa shape index (κ1) is 59.6. The highest BCUT2D eigenvalue weighted by molar-refractivity contribution is 5.87. The molecule has 72 heavy (non-hydrogen) atoms. The normalized spacial score (nSPS) is 11.5. The lowest BCUT2D eigenvalue weighted by molar-refractivity contribution is 0.0696. The molecule has 0 fully saturated rings. The van der Waals surface area contributed by atoms with Gasteiger partial charge in [-0.15, -0.1) is 0 Å². The van der Waals surface area contributed by atoms with E-state index in [1.807, 2.05) is 0 Å². The molecule has 396 valence electrons. The van der Waals surface area contributed by atoms with Crippen molar-refractivity contribution in [3.63, 3.8) is 0 Å². The quantitative estimate of drug-likeness (QED) is 0.0352. The zero-order valence-electron chi connectivity index (χ0n) is 45.4. The molecule has 0 saturated heterocycles. The monoisotopic (exact) mass is 985 g/mol. The Morgan fingerprint density at radius 1 is 0.375 bits per heavy atom. The molecule has 4 rings (SSSR count). The first-order chi connectivity index (χ1) is 35.5. The van der Waals surface area contributed by atoms with Gasteiger partial charge in [0.15, 0.2) is 11.5 Å². The zero-order valence-corrected chi connectivity index (χ0v) is 45.4. The molecule has 0 aliphatic heterocycles. The van der Waals surface area contributed by atoms with Crippen LogP contribution in [-0.2, 0) is 6.61 Å². The van der Waals surface area contributed by atoms with Crippen molar-refractivity contribution in [3.8, 4) is 23.0 Å². The molecule has 0 aromatic heterocycles. The average Bonchev–Trinajstić information content (AvgIpc) is 3.40. The SMILES string of the molecule is CCCCCCCCCCCCOc1cc(/C=C/c2ccc(/C=C/c3ccc(COc4ccc(C(=O)O)cc4)cc3)cc2)cc(OCCCCCCCCCCCC)c1OCCCCCCCCCCCC. The number of rotatable bonds is 44. The van der Waals surface area contributed by atoms with Crippen molar-refractivity contribution in [1.29, 1.82) is 0 Å². The molecule has 0 spiro atoms. The fourth-order valence-electron chi connectivity index (χ4n) is 9.05. The van der Waals surface area contributed by atoms with Gasteiger partial charge in [0.1, 0.15) is 12.4 Å². The highest BCUT2D eigenvalue weighted by atomic mass is 16.5. The van der Waals surface area contributed by atoms with E-state index in [2.05, 4.69) is 106 Å². The largest absolute Gasteiger partial charge is 0.490 e. The van der Waals surface area contributed by atoms with E-state index in [1.54, 1.807) is 24.3 Å². The summed E-state index contributed by atoms with van der Waals surface area (Å²) >= 11 is 0. The lowest BCUT2D eigenvalue weighted by atomic mass is 10.1. The maximum absolute atomic E-state index is 11.1. The van der Waals surface area contributed by atoms with E-state index < -0.39 is 5.97 Å². The van der Waals surface area contributed by atoms with Gasteiger partial charge in [-0.1, -0.05) is 267 Å². The van der Waals surface area contributed by atoms with Crippen LogP contribution in [0, 0.1) is 0 Å². The van der Waals surface area contributed by atoms with Crippen LogP contribution in [0.3, 0.4) is 0 Å². The number of hydrogen-bond acceptors (Lipinski definition) is 5. The number of aromatic carboxylic acids is 1.